The fourth-order valence-electron chi connectivity index (χ4n) is 2.48. The highest BCUT2D eigenvalue weighted by atomic mass is 19.1. The molecule has 4 heteroatoms. The molecule has 0 spiro atoms. The number of benzene rings is 1. The van der Waals surface area contributed by atoms with Crippen molar-refractivity contribution in [1.29, 1.82) is 0 Å². The van der Waals surface area contributed by atoms with Crippen LogP contribution in [0.1, 0.15) is 31.2 Å². The summed E-state index contributed by atoms with van der Waals surface area (Å²) in [5.74, 6) is -0.0504. The van der Waals surface area contributed by atoms with E-state index in [1.54, 1.807) is 12.1 Å². The van der Waals surface area contributed by atoms with Gasteiger partial charge in [-0.2, -0.15) is 0 Å². The number of halogens is 1. The van der Waals surface area contributed by atoms with Crippen LogP contribution in [0.25, 0.3) is 0 Å². The molecule has 0 radical (unpaired) electrons. The molecule has 2 fully saturated rings. The van der Waals surface area contributed by atoms with Crippen molar-refractivity contribution in [2.45, 2.75) is 44.2 Å². The van der Waals surface area contributed by atoms with E-state index in [2.05, 4.69) is 10.2 Å². The smallest absolute Gasteiger partial charge is 0.234 e. The van der Waals surface area contributed by atoms with E-state index in [9.17, 15) is 9.18 Å². The highest BCUT2D eigenvalue weighted by Gasteiger charge is 2.31. The van der Waals surface area contributed by atoms with Gasteiger partial charge in [-0.15, -0.1) is 0 Å². The standard InChI is InChI=1S/C16H21FN2O/c17-13-3-1-2-12(10-13)8-9-19(15-6-7-15)11-16(20)18-14-4-5-14/h1-3,10,14-15H,4-9,11H2,(H,18,20). The minimum Gasteiger partial charge on any atom is -0.352 e. The van der Waals surface area contributed by atoms with Gasteiger partial charge < -0.3 is 5.32 Å². The van der Waals surface area contributed by atoms with Crippen molar-refractivity contribution in [1.82, 2.24) is 10.2 Å². The summed E-state index contributed by atoms with van der Waals surface area (Å²) in [6.07, 6.45) is 5.40. The summed E-state index contributed by atoms with van der Waals surface area (Å²) in [6.45, 7) is 1.31. The Labute approximate surface area is 119 Å². The molecule has 2 saturated carbocycles. The third kappa shape index (κ3) is 4.04. The first kappa shape index (κ1) is 13.6. The Morgan fingerprint density at radius 2 is 2.10 bits per heavy atom. The molecule has 1 aromatic carbocycles. The van der Waals surface area contributed by atoms with E-state index in [0.29, 0.717) is 18.6 Å². The van der Waals surface area contributed by atoms with E-state index in [1.165, 1.54) is 18.9 Å². The molecule has 2 aliphatic rings. The molecule has 20 heavy (non-hydrogen) atoms. The van der Waals surface area contributed by atoms with Gasteiger partial charge in [-0.1, -0.05) is 12.1 Å². The largest absolute Gasteiger partial charge is 0.352 e. The Kier molecular flexibility index (Phi) is 4.01. The summed E-state index contributed by atoms with van der Waals surface area (Å²) in [6, 6.07) is 7.70. The predicted octanol–water partition coefficient (Wildman–Crippen LogP) is 2.11. The number of nitrogens with zero attached hydrogens (tertiary/aromatic N) is 1. The molecule has 2 aliphatic carbocycles. The SMILES string of the molecule is O=C(CN(CCc1cccc(F)c1)C1CC1)NC1CC1. The fourth-order valence-corrected chi connectivity index (χ4v) is 2.48. The lowest BCUT2D eigenvalue weighted by atomic mass is 10.1. The lowest BCUT2D eigenvalue weighted by Gasteiger charge is -2.21. The third-order valence-electron chi connectivity index (χ3n) is 3.93. The maximum Gasteiger partial charge on any atom is 0.234 e. The second kappa shape index (κ2) is 5.92. The topological polar surface area (TPSA) is 32.3 Å². The molecule has 3 nitrogen and oxygen atoms in total. The van der Waals surface area contributed by atoms with Crippen molar-refractivity contribution < 1.29 is 9.18 Å². The zero-order valence-electron chi connectivity index (χ0n) is 11.6. The van der Waals surface area contributed by atoms with Gasteiger partial charge in [0.05, 0.1) is 6.54 Å². The van der Waals surface area contributed by atoms with Gasteiger partial charge in [0.2, 0.25) is 5.91 Å². The van der Waals surface area contributed by atoms with Crippen LogP contribution in [0.2, 0.25) is 0 Å². The summed E-state index contributed by atoms with van der Waals surface area (Å²) >= 11 is 0. The number of hydrogen-bond acceptors (Lipinski definition) is 2. The van der Waals surface area contributed by atoms with Crippen LogP contribution in [0.4, 0.5) is 4.39 Å². The van der Waals surface area contributed by atoms with Crippen molar-refractivity contribution in [2.75, 3.05) is 13.1 Å². The van der Waals surface area contributed by atoms with Crippen molar-refractivity contribution in [2.24, 2.45) is 0 Å². The molecule has 0 aliphatic heterocycles. The highest BCUT2D eigenvalue weighted by Crippen LogP contribution is 2.27. The number of amides is 1. The number of rotatable bonds is 7. The van der Waals surface area contributed by atoms with E-state index >= 15 is 0 Å². The van der Waals surface area contributed by atoms with Gasteiger partial charge in [0, 0.05) is 18.6 Å². The van der Waals surface area contributed by atoms with Crippen LogP contribution in [0.3, 0.4) is 0 Å². The van der Waals surface area contributed by atoms with Gasteiger partial charge in [-0.05, 0) is 49.8 Å². The summed E-state index contributed by atoms with van der Waals surface area (Å²) < 4.78 is 13.1. The Balaban J connectivity index is 1.50. The van der Waals surface area contributed by atoms with Gasteiger partial charge in [0.15, 0.2) is 0 Å². The van der Waals surface area contributed by atoms with Gasteiger partial charge in [-0.3, -0.25) is 9.69 Å². The Morgan fingerprint density at radius 1 is 1.30 bits per heavy atom. The minimum absolute atomic E-state index is 0.138. The highest BCUT2D eigenvalue weighted by molar-refractivity contribution is 5.78. The molecule has 0 saturated heterocycles. The van der Waals surface area contributed by atoms with Crippen molar-refractivity contribution in [3.05, 3.63) is 35.6 Å². The van der Waals surface area contributed by atoms with Crippen LogP contribution in [-0.2, 0) is 11.2 Å². The maximum absolute atomic E-state index is 13.1. The van der Waals surface area contributed by atoms with Crippen LogP contribution in [0.15, 0.2) is 24.3 Å². The Bertz CT molecular complexity index is 483. The van der Waals surface area contributed by atoms with Crippen molar-refractivity contribution in [3.8, 4) is 0 Å². The third-order valence-corrected chi connectivity index (χ3v) is 3.93. The van der Waals surface area contributed by atoms with Crippen LogP contribution >= 0.6 is 0 Å². The minimum atomic E-state index is -0.188. The van der Waals surface area contributed by atoms with Gasteiger partial charge in [-0.25, -0.2) is 4.39 Å². The van der Waals surface area contributed by atoms with Crippen molar-refractivity contribution in [3.63, 3.8) is 0 Å². The monoisotopic (exact) mass is 276 g/mol. The second-order valence-electron chi connectivity index (χ2n) is 5.92. The zero-order chi connectivity index (χ0) is 13.9. The van der Waals surface area contributed by atoms with Gasteiger partial charge >= 0.3 is 0 Å². The number of nitrogens with one attached hydrogen (secondary N) is 1. The molecule has 3 rings (SSSR count). The first-order valence-corrected chi connectivity index (χ1v) is 7.48. The summed E-state index contributed by atoms with van der Waals surface area (Å²) in [5.41, 5.74) is 0.998. The Morgan fingerprint density at radius 3 is 2.75 bits per heavy atom. The van der Waals surface area contributed by atoms with Crippen LogP contribution < -0.4 is 5.32 Å². The number of carbonyl (C=O) groups excluding carboxylic acids is 1. The molecule has 1 aromatic rings. The summed E-state index contributed by atoms with van der Waals surface area (Å²) in [4.78, 5) is 14.1. The predicted molar refractivity (Wildman–Crippen MR) is 75.9 cm³/mol. The van der Waals surface area contributed by atoms with E-state index in [0.717, 1.165) is 31.4 Å². The Hall–Kier alpha value is -1.42. The summed E-state index contributed by atoms with van der Waals surface area (Å²) in [5, 5.41) is 3.03. The molecular weight excluding hydrogens is 255 g/mol. The molecule has 0 aromatic heterocycles. The van der Waals surface area contributed by atoms with Crippen LogP contribution in [0, 0.1) is 5.82 Å². The molecule has 0 atom stereocenters. The molecule has 108 valence electrons. The van der Waals surface area contributed by atoms with Crippen LogP contribution in [-0.4, -0.2) is 36.0 Å². The average Bonchev–Trinajstić information content (AvgIpc) is 3.26. The van der Waals surface area contributed by atoms with Crippen molar-refractivity contribution >= 4 is 5.91 Å². The first-order valence-electron chi connectivity index (χ1n) is 7.48. The van der Waals surface area contributed by atoms with E-state index in [1.807, 2.05) is 6.07 Å². The molecule has 0 bridgehead atoms. The quantitative estimate of drug-likeness (QED) is 0.827. The maximum atomic E-state index is 13.1. The van der Waals surface area contributed by atoms with Gasteiger partial charge in [0.1, 0.15) is 5.82 Å². The fraction of sp³-hybridized carbons (Fsp3) is 0.562. The van der Waals surface area contributed by atoms with E-state index in [4.69, 9.17) is 0 Å². The number of hydrogen-bond donors (Lipinski definition) is 1. The molecule has 0 unspecified atom stereocenters. The van der Waals surface area contributed by atoms with Crippen LogP contribution in [0.5, 0.6) is 0 Å². The second-order valence-corrected chi connectivity index (χ2v) is 5.92. The molecule has 1 amide bonds. The lowest BCUT2D eigenvalue weighted by molar-refractivity contribution is -0.122. The number of carbonyl (C=O) groups is 1. The normalized spacial score (nSPS) is 18.3. The molecule has 0 heterocycles. The van der Waals surface area contributed by atoms with E-state index in [-0.39, 0.29) is 11.7 Å². The average molecular weight is 276 g/mol. The zero-order valence-corrected chi connectivity index (χ0v) is 11.6. The van der Waals surface area contributed by atoms with Gasteiger partial charge in [0.25, 0.3) is 0 Å². The molecule has 1 N–H and O–H groups in total. The lowest BCUT2D eigenvalue weighted by Crippen LogP contribution is -2.40. The van der Waals surface area contributed by atoms with E-state index < -0.39 is 0 Å². The summed E-state index contributed by atoms with van der Waals surface area (Å²) in [7, 11) is 0. The first-order chi connectivity index (χ1) is 9.70. The molecular formula is C16H21FN2O.